The number of methoxy groups -OCH3 is 1. The number of nitrogens with one attached hydrogen (secondary N) is 2. The molecule has 0 aliphatic rings. The number of hydrogen-bond acceptors (Lipinski definition) is 3. The molecule has 0 aromatic rings. The Hall–Kier alpha value is -0.810. The molecule has 0 saturated heterocycles. The molecule has 120 valence electrons. The zero-order valence-corrected chi connectivity index (χ0v) is 14.0. The van der Waals surface area contributed by atoms with E-state index in [1.165, 1.54) is 25.7 Å². The maximum Gasteiger partial charge on any atom is 0.191 e. The van der Waals surface area contributed by atoms with Gasteiger partial charge in [0.2, 0.25) is 0 Å². The second-order valence-electron chi connectivity index (χ2n) is 5.34. The molecule has 0 spiro atoms. The van der Waals surface area contributed by atoms with Crippen LogP contribution in [0.3, 0.4) is 0 Å². The number of unbranched alkanes of at least 4 members (excludes halogenated alkanes) is 2. The summed E-state index contributed by atoms with van der Waals surface area (Å²) in [6.45, 7) is 8.05. The molecule has 1 unspecified atom stereocenters. The summed E-state index contributed by atoms with van der Waals surface area (Å²) in [7, 11) is 5.66. The molecular weight excluding hydrogens is 252 g/mol. The van der Waals surface area contributed by atoms with Crippen LogP contribution in [0.5, 0.6) is 0 Å². The number of nitrogens with zero attached hydrogens (tertiary/aromatic N) is 2. The van der Waals surface area contributed by atoms with E-state index in [0.29, 0.717) is 6.04 Å². The van der Waals surface area contributed by atoms with Gasteiger partial charge in [-0.25, -0.2) is 0 Å². The number of ether oxygens (including phenoxy) is 1. The smallest absolute Gasteiger partial charge is 0.191 e. The van der Waals surface area contributed by atoms with E-state index in [9.17, 15) is 0 Å². The first kappa shape index (κ1) is 19.2. The largest absolute Gasteiger partial charge is 0.383 e. The van der Waals surface area contributed by atoms with Crippen molar-refractivity contribution >= 4 is 5.96 Å². The highest BCUT2D eigenvalue weighted by Crippen LogP contribution is 2.02. The van der Waals surface area contributed by atoms with Crippen LogP contribution < -0.4 is 10.6 Å². The fraction of sp³-hybridized carbons (Fsp3) is 0.933. The van der Waals surface area contributed by atoms with E-state index in [2.05, 4.69) is 41.4 Å². The minimum absolute atomic E-state index is 0.471. The average Bonchev–Trinajstić information content (AvgIpc) is 2.44. The lowest BCUT2D eigenvalue weighted by molar-refractivity contribution is 0.162. The van der Waals surface area contributed by atoms with Gasteiger partial charge in [-0.1, -0.05) is 26.2 Å². The summed E-state index contributed by atoms with van der Waals surface area (Å²) in [6, 6.07) is 0.471. The predicted octanol–water partition coefficient (Wildman–Crippen LogP) is 1.70. The summed E-state index contributed by atoms with van der Waals surface area (Å²) in [5, 5.41) is 6.79. The molecule has 0 aliphatic carbocycles. The van der Waals surface area contributed by atoms with Gasteiger partial charge >= 0.3 is 0 Å². The minimum atomic E-state index is 0.471. The van der Waals surface area contributed by atoms with Gasteiger partial charge in [0.15, 0.2) is 5.96 Å². The standard InChI is InChI=1S/C15H34N4O/c1-6-7-8-9-14(2)18-15(16-3)17-10-11-19(4)12-13-20-5/h14H,6-13H2,1-5H3,(H2,16,17,18). The van der Waals surface area contributed by atoms with Crippen LogP contribution in [0.15, 0.2) is 4.99 Å². The van der Waals surface area contributed by atoms with Crippen LogP contribution in [0.2, 0.25) is 0 Å². The van der Waals surface area contributed by atoms with Crippen LogP contribution in [-0.2, 0) is 4.74 Å². The third kappa shape index (κ3) is 11.1. The minimum Gasteiger partial charge on any atom is -0.383 e. The lowest BCUT2D eigenvalue weighted by atomic mass is 10.1. The van der Waals surface area contributed by atoms with Gasteiger partial charge in [-0.05, 0) is 20.4 Å². The summed E-state index contributed by atoms with van der Waals surface area (Å²) in [6.07, 6.45) is 5.06. The highest BCUT2D eigenvalue weighted by atomic mass is 16.5. The van der Waals surface area contributed by atoms with Crippen LogP contribution in [0.25, 0.3) is 0 Å². The SMILES string of the molecule is CCCCCC(C)NC(=NC)NCCN(C)CCOC. The first-order valence-electron chi connectivity index (χ1n) is 7.78. The van der Waals surface area contributed by atoms with Crippen LogP contribution >= 0.6 is 0 Å². The van der Waals surface area contributed by atoms with Crippen molar-refractivity contribution in [3.63, 3.8) is 0 Å². The van der Waals surface area contributed by atoms with Gasteiger partial charge in [0.25, 0.3) is 0 Å². The second kappa shape index (κ2) is 13.2. The van der Waals surface area contributed by atoms with Crippen LogP contribution in [0, 0.1) is 0 Å². The normalized spacial score (nSPS) is 13.6. The zero-order valence-electron chi connectivity index (χ0n) is 14.0. The van der Waals surface area contributed by atoms with Crippen molar-refractivity contribution in [2.24, 2.45) is 4.99 Å². The number of aliphatic imine (C=N–C) groups is 1. The van der Waals surface area contributed by atoms with E-state index in [4.69, 9.17) is 4.74 Å². The summed E-state index contributed by atoms with van der Waals surface area (Å²) in [5.41, 5.74) is 0. The Labute approximate surface area is 125 Å². The van der Waals surface area contributed by atoms with Gasteiger partial charge in [-0.15, -0.1) is 0 Å². The molecular formula is C15H34N4O. The van der Waals surface area contributed by atoms with Gasteiger partial charge in [0.1, 0.15) is 0 Å². The fourth-order valence-electron chi connectivity index (χ4n) is 1.92. The number of likely N-dealkylation sites (N-methyl/N-ethyl adjacent to an activating group) is 1. The highest BCUT2D eigenvalue weighted by Gasteiger charge is 2.05. The Morgan fingerprint density at radius 3 is 2.65 bits per heavy atom. The maximum absolute atomic E-state index is 5.06. The Kier molecular flexibility index (Phi) is 12.7. The maximum atomic E-state index is 5.06. The molecule has 2 N–H and O–H groups in total. The van der Waals surface area contributed by atoms with Gasteiger partial charge in [0, 0.05) is 39.8 Å². The number of rotatable bonds is 11. The van der Waals surface area contributed by atoms with Crippen molar-refractivity contribution in [3.05, 3.63) is 0 Å². The Morgan fingerprint density at radius 2 is 2.05 bits per heavy atom. The molecule has 0 amide bonds. The quantitative estimate of drug-likeness (QED) is 0.345. The van der Waals surface area contributed by atoms with Crippen molar-refractivity contribution in [3.8, 4) is 0 Å². The van der Waals surface area contributed by atoms with E-state index < -0.39 is 0 Å². The van der Waals surface area contributed by atoms with E-state index in [1.54, 1.807) is 7.11 Å². The molecule has 0 saturated carbocycles. The molecule has 1 atom stereocenters. The van der Waals surface area contributed by atoms with Crippen LogP contribution in [0.1, 0.15) is 39.5 Å². The van der Waals surface area contributed by atoms with Crippen molar-refractivity contribution in [2.45, 2.75) is 45.6 Å². The molecule has 5 heteroatoms. The Balaban J connectivity index is 3.76. The van der Waals surface area contributed by atoms with E-state index >= 15 is 0 Å². The van der Waals surface area contributed by atoms with Crippen molar-refractivity contribution in [1.29, 1.82) is 0 Å². The van der Waals surface area contributed by atoms with Gasteiger partial charge in [-0.2, -0.15) is 0 Å². The van der Waals surface area contributed by atoms with Crippen molar-refractivity contribution < 1.29 is 4.74 Å². The molecule has 0 aliphatic heterocycles. The number of hydrogen-bond donors (Lipinski definition) is 2. The molecule has 20 heavy (non-hydrogen) atoms. The second-order valence-corrected chi connectivity index (χ2v) is 5.34. The molecule has 0 radical (unpaired) electrons. The number of guanidine groups is 1. The molecule has 0 heterocycles. The molecule has 0 bridgehead atoms. The van der Waals surface area contributed by atoms with E-state index in [-0.39, 0.29) is 0 Å². The fourth-order valence-corrected chi connectivity index (χ4v) is 1.92. The highest BCUT2D eigenvalue weighted by molar-refractivity contribution is 5.79. The third-order valence-corrected chi connectivity index (χ3v) is 3.31. The topological polar surface area (TPSA) is 48.9 Å². The predicted molar refractivity (Wildman–Crippen MR) is 87.5 cm³/mol. The Morgan fingerprint density at radius 1 is 1.30 bits per heavy atom. The first-order chi connectivity index (χ1) is 9.63. The van der Waals surface area contributed by atoms with E-state index in [1.807, 2.05) is 7.05 Å². The van der Waals surface area contributed by atoms with Crippen LogP contribution in [-0.4, -0.2) is 64.3 Å². The molecule has 0 aromatic heterocycles. The average molecular weight is 286 g/mol. The summed E-state index contributed by atoms with van der Waals surface area (Å²) < 4.78 is 5.06. The van der Waals surface area contributed by atoms with Crippen LogP contribution in [0.4, 0.5) is 0 Å². The van der Waals surface area contributed by atoms with E-state index in [0.717, 1.165) is 32.2 Å². The Bertz CT molecular complexity index is 246. The van der Waals surface area contributed by atoms with Crippen molar-refractivity contribution in [1.82, 2.24) is 15.5 Å². The van der Waals surface area contributed by atoms with Crippen molar-refractivity contribution in [2.75, 3.05) is 47.4 Å². The molecule has 0 fully saturated rings. The molecule has 5 nitrogen and oxygen atoms in total. The first-order valence-corrected chi connectivity index (χ1v) is 7.78. The van der Waals surface area contributed by atoms with Gasteiger partial charge in [-0.3, -0.25) is 4.99 Å². The molecule has 0 rings (SSSR count). The lowest BCUT2D eigenvalue weighted by Gasteiger charge is -2.20. The summed E-state index contributed by atoms with van der Waals surface area (Å²) >= 11 is 0. The lowest BCUT2D eigenvalue weighted by Crippen LogP contribution is -2.44. The van der Waals surface area contributed by atoms with Gasteiger partial charge in [0.05, 0.1) is 6.61 Å². The van der Waals surface area contributed by atoms with Gasteiger partial charge < -0.3 is 20.3 Å². The summed E-state index contributed by atoms with van der Waals surface area (Å²) in [5.74, 6) is 0.897. The third-order valence-electron chi connectivity index (χ3n) is 3.31. The summed E-state index contributed by atoms with van der Waals surface area (Å²) in [4.78, 5) is 6.51. The molecule has 0 aromatic carbocycles. The monoisotopic (exact) mass is 286 g/mol. The zero-order chi connectivity index (χ0) is 15.2.